The lowest BCUT2D eigenvalue weighted by Crippen LogP contribution is -2.57. The van der Waals surface area contributed by atoms with Crippen molar-refractivity contribution in [2.24, 2.45) is 7.05 Å². The first-order valence-corrected chi connectivity index (χ1v) is 6.67. The summed E-state index contributed by atoms with van der Waals surface area (Å²) in [6.07, 6.45) is -2.95. The highest BCUT2D eigenvalue weighted by Crippen LogP contribution is 2.24. The maximum absolute atomic E-state index is 13.1. The van der Waals surface area contributed by atoms with Crippen LogP contribution in [0, 0.1) is 0 Å². The zero-order valence-corrected chi connectivity index (χ0v) is 12.9. The van der Waals surface area contributed by atoms with Crippen molar-refractivity contribution < 1.29 is 18.0 Å². The van der Waals surface area contributed by atoms with Gasteiger partial charge in [-0.15, -0.1) is 12.4 Å². The summed E-state index contributed by atoms with van der Waals surface area (Å²) in [6.45, 7) is 1.19. The number of amides is 1. The molecule has 0 aliphatic carbocycles. The standard InChI is InChI=1S/C12H18F3N5O.ClH/c1-19-9(2-3-18-19)11(21)17-8-10(12(13,14)15)20-6-4-16-5-7-20;/h2-3,10,16H,4-8H2,1H3,(H,17,21);1H. The number of alkyl halides is 3. The number of rotatable bonds is 4. The number of aromatic nitrogens is 2. The third-order valence-electron chi connectivity index (χ3n) is 3.48. The largest absolute Gasteiger partial charge is 0.405 e. The number of nitrogens with zero attached hydrogens (tertiary/aromatic N) is 3. The molecule has 0 aromatic carbocycles. The van der Waals surface area contributed by atoms with Crippen molar-refractivity contribution in [2.45, 2.75) is 12.2 Å². The molecule has 0 spiro atoms. The van der Waals surface area contributed by atoms with Crippen molar-refractivity contribution in [1.29, 1.82) is 0 Å². The van der Waals surface area contributed by atoms with Crippen molar-refractivity contribution in [1.82, 2.24) is 25.3 Å². The van der Waals surface area contributed by atoms with Gasteiger partial charge >= 0.3 is 6.18 Å². The second-order valence-corrected chi connectivity index (χ2v) is 4.89. The summed E-state index contributed by atoms with van der Waals surface area (Å²) in [5, 5.41) is 9.17. The number of piperazine rings is 1. The molecule has 1 aromatic rings. The molecule has 2 heterocycles. The van der Waals surface area contributed by atoms with Crippen LogP contribution in [0.3, 0.4) is 0 Å². The van der Waals surface area contributed by atoms with Gasteiger partial charge in [-0.3, -0.25) is 14.4 Å². The van der Waals surface area contributed by atoms with Gasteiger partial charge in [-0.25, -0.2) is 0 Å². The molecule has 0 radical (unpaired) electrons. The van der Waals surface area contributed by atoms with Crippen LogP contribution < -0.4 is 10.6 Å². The van der Waals surface area contributed by atoms with Crippen LogP contribution in [0.5, 0.6) is 0 Å². The summed E-state index contributed by atoms with van der Waals surface area (Å²) < 4.78 is 40.8. The molecule has 1 unspecified atom stereocenters. The Kier molecular flexibility index (Phi) is 6.64. The monoisotopic (exact) mass is 341 g/mol. The van der Waals surface area contributed by atoms with Crippen molar-refractivity contribution in [3.8, 4) is 0 Å². The average Bonchev–Trinajstić information content (AvgIpc) is 2.85. The first-order valence-electron chi connectivity index (χ1n) is 6.67. The van der Waals surface area contributed by atoms with Gasteiger partial charge in [-0.2, -0.15) is 18.3 Å². The summed E-state index contributed by atoms with van der Waals surface area (Å²) >= 11 is 0. The first kappa shape index (κ1) is 18.7. The van der Waals surface area contributed by atoms with Crippen LogP contribution in [0.1, 0.15) is 10.5 Å². The molecular formula is C12H19ClF3N5O. The highest BCUT2D eigenvalue weighted by molar-refractivity contribution is 5.92. The van der Waals surface area contributed by atoms with Gasteiger partial charge in [0, 0.05) is 46.0 Å². The molecule has 1 saturated heterocycles. The van der Waals surface area contributed by atoms with Gasteiger partial charge in [0.2, 0.25) is 0 Å². The summed E-state index contributed by atoms with van der Waals surface area (Å²) in [5.74, 6) is -0.556. The fourth-order valence-corrected chi connectivity index (χ4v) is 2.32. The Bertz CT molecular complexity index is 487. The van der Waals surface area contributed by atoms with E-state index in [9.17, 15) is 18.0 Å². The van der Waals surface area contributed by atoms with Gasteiger partial charge in [0.25, 0.3) is 5.91 Å². The molecule has 1 aromatic heterocycles. The predicted octanol–water partition coefficient (Wildman–Crippen LogP) is 0.408. The van der Waals surface area contributed by atoms with E-state index in [1.54, 1.807) is 7.05 Å². The quantitative estimate of drug-likeness (QED) is 0.832. The molecule has 1 aliphatic heterocycles. The van der Waals surface area contributed by atoms with Gasteiger partial charge in [-0.05, 0) is 6.07 Å². The molecule has 0 bridgehead atoms. The summed E-state index contributed by atoms with van der Waals surface area (Å²) in [6, 6.07) is -0.209. The Morgan fingerprint density at radius 2 is 2.09 bits per heavy atom. The summed E-state index contributed by atoms with van der Waals surface area (Å²) in [5.41, 5.74) is 0.233. The fraction of sp³-hybridized carbons (Fsp3) is 0.667. The Balaban J connectivity index is 0.00000242. The maximum Gasteiger partial charge on any atom is 0.405 e. The molecule has 126 valence electrons. The van der Waals surface area contributed by atoms with E-state index >= 15 is 0 Å². The van der Waals surface area contributed by atoms with E-state index < -0.39 is 24.7 Å². The Morgan fingerprint density at radius 3 is 2.59 bits per heavy atom. The van der Waals surface area contributed by atoms with Crippen molar-refractivity contribution in [2.75, 3.05) is 32.7 Å². The Hall–Kier alpha value is -1.32. The van der Waals surface area contributed by atoms with Crippen molar-refractivity contribution in [3.63, 3.8) is 0 Å². The molecule has 10 heteroatoms. The molecule has 0 saturated carbocycles. The summed E-state index contributed by atoms with van der Waals surface area (Å²) in [4.78, 5) is 13.2. The van der Waals surface area contributed by atoms with Gasteiger partial charge < -0.3 is 10.6 Å². The van der Waals surface area contributed by atoms with Crippen LogP contribution in [0.2, 0.25) is 0 Å². The minimum absolute atomic E-state index is 0. The smallest absolute Gasteiger partial charge is 0.349 e. The molecule has 22 heavy (non-hydrogen) atoms. The van der Waals surface area contributed by atoms with Crippen LogP contribution >= 0.6 is 12.4 Å². The minimum Gasteiger partial charge on any atom is -0.349 e. The van der Waals surface area contributed by atoms with Crippen molar-refractivity contribution in [3.05, 3.63) is 18.0 Å². The third kappa shape index (κ3) is 4.59. The van der Waals surface area contributed by atoms with Gasteiger partial charge in [0.1, 0.15) is 11.7 Å². The second-order valence-electron chi connectivity index (χ2n) is 4.89. The highest BCUT2D eigenvalue weighted by atomic mass is 35.5. The van der Waals surface area contributed by atoms with E-state index in [1.165, 1.54) is 21.8 Å². The van der Waals surface area contributed by atoms with Crippen LogP contribution in [0.25, 0.3) is 0 Å². The molecule has 1 atom stereocenters. The third-order valence-corrected chi connectivity index (χ3v) is 3.48. The Morgan fingerprint density at radius 1 is 1.45 bits per heavy atom. The van der Waals surface area contributed by atoms with Crippen LogP contribution in [-0.2, 0) is 7.05 Å². The normalized spacial score (nSPS) is 17.6. The predicted molar refractivity (Wildman–Crippen MR) is 77.1 cm³/mol. The first-order chi connectivity index (χ1) is 9.89. The SMILES string of the molecule is Cl.Cn1nccc1C(=O)NCC(N1CCNCC1)C(F)(F)F. The van der Waals surface area contributed by atoms with Gasteiger partial charge in [-0.1, -0.05) is 0 Å². The van der Waals surface area contributed by atoms with Crippen LogP contribution in [0.15, 0.2) is 12.3 Å². The number of hydrogen-bond acceptors (Lipinski definition) is 4. The van der Waals surface area contributed by atoms with E-state index in [1.807, 2.05) is 0 Å². The maximum atomic E-state index is 13.1. The zero-order chi connectivity index (χ0) is 15.5. The highest BCUT2D eigenvalue weighted by Gasteiger charge is 2.43. The Labute approximate surface area is 132 Å². The lowest BCUT2D eigenvalue weighted by atomic mass is 10.2. The number of nitrogens with one attached hydrogen (secondary N) is 2. The lowest BCUT2D eigenvalue weighted by molar-refractivity contribution is -0.183. The number of carbonyl (C=O) groups is 1. The number of halogens is 4. The second kappa shape index (κ2) is 7.80. The van der Waals surface area contributed by atoms with E-state index in [0.29, 0.717) is 26.2 Å². The number of carbonyl (C=O) groups excluding carboxylic acids is 1. The molecule has 1 amide bonds. The van der Waals surface area contributed by atoms with Gasteiger partial charge in [0.05, 0.1) is 0 Å². The molecule has 1 aliphatic rings. The molecule has 2 rings (SSSR count). The molecule has 1 fully saturated rings. The van der Waals surface area contributed by atoms with Crippen LogP contribution in [0.4, 0.5) is 13.2 Å². The van der Waals surface area contributed by atoms with E-state index in [2.05, 4.69) is 15.7 Å². The van der Waals surface area contributed by atoms with Crippen molar-refractivity contribution >= 4 is 18.3 Å². The lowest BCUT2D eigenvalue weighted by Gasteiger charge is -2.35. The van der Waals surface area contributed by atoms with E-state index in [-0.39, 0.29) is 18.1 Å². The zero-order valence-electron chi connectivity index (χ0n) is 12.1. The number of aryl methyl sites for hydroxylation is 1. The fourth-order valence-electron chi connectivity index (χ4n) is 2.32. The number of hydrogen-bond donors (Lipinski definition) is 2. The molecular weight excluding hydrogens is 323 g/mol. The van der Waals surface area contributed by atoms with Crippen LogP contribution in [-0.4, -0.2) is 65.5 Å². The molecule has 6 nitrogen and oxygen atoms in total. The average molecular weight is 342 g/mol. The topological polar surface area (TPSA) is 62.2 Å². The summed E-state index contributed by atoms with van der Waals surface area (Å²) in [7, 11) is 1.56. The van der Waals surface area contributed by atoms with E-state index in [0.717, 1.165) is 0 Å². The van der Waals surface area contributed by atoms with Gasteiger partial charge in [0.15, 0.2) is 0 Å². The van der Waals surface area contributed by atoms with E-state index in [4.69, 9.17) is 0 Å². The minimum atomic E-state index is -4.38. The molecule has 2 N–H and O–H groups in total.